The summed E-state index contributed by atoms with van der Waals surface area (Å²) in [7, 11) is 0. The summed E-state index contributed by atoms with van der Waals surface area (Å²) in [5.74, 6) is 0.0157. The van der Waals surface area contributed by atoms with Gasteiger partial charge in [-0.2, -0.15) is 0 Å². The van der Waals surface area contributed by atoms with Gasteiger partial charge < -0.3 is 14.5 Å². The van der Waals surface area contributed by atoms with Crippen LogP contribution in [0, 0.1) is 0 Å². The third-order valence-electron chi connectivity index (χ3n) is 6.22. The topological polar surface area (TPSA) is 54.7 Å². The van der Waals surface area contributed by atoms with Crippen molar-refractivity contribution >= 4 is 16.9 Å². The first-order valence-electron chi connectivity index (χ1n) is 10.9. The molecule has 2 aliphatic rings. The number of nitrogens with zero attached hydrogens (tertiary/aromatic N) is 1. The lowest BCUT2D eigenvalue weighted by Crippen LogP contribution is -2.47. The second kappa shape index (κ2) is 8.62. The summed E-state index contributed by atoms with van der Waals surface area (Å²) in [5.41, 5.74) is 5.96. The van der Waals surface area contributed by atoms with Crippen LogP contribution in [0.5, 0.6) is 0 Å². The molecule has 30 heavy (non-hydrogen) atoms. The van der Waals surface area contributed by atoms with Gasteiger partial charge in [0.25, 0.3) is 0 Å². The Bertz CT molecular complexity index is 1030. The molecule has 1 saturated heterocycles. The van der Waals surface area contributed by atoms with Crippen LogP contribution in [-0.4, -0.2) is 43.2 Å². The minimum atomic E-state index is 0.0157. The Kier molecular flexibility index (Phi) is 5.56. The van der Waals surface area contributed by atoms with Crippen LogP contribution >= 0.6 is 0 Å². The van der Waals surface area contributed by atoms with Crippen molar-refractivity contribution in [3.63, 3.8) is 0 Å². The van der Waals surface area contributed by atoms with Crippen molar-refractivity contribution in [2.45, 2.75) is 38.3 Å². The summed E-state index contributed by atoms with van der Waals surface area (Å²) >= 11 is 0. The van der Waals surface area contributed by atoms with E-state index < -0.39 is 0 Å². The Morgan fingerprint density at radius 1 is 1.13 bits per heavy atom. The van der Waals surface area contributed by atoms with E-state index in [9.17, 15) is 4.79 Å². The van der Waals surface area contributed by atoms with E-state index in [1.165, 1.54) is 23.1 Å². The molecular formula is C25H28N2O3. The number of aryl methyl sites for hydroxylation is 2. The molecule has 5 rings (SSSR count). The fourth-order valence-electron chi connectivity index (χ4n) is 4.64. The SMILES string of the molecule is O=C(Cc1coc2cc3c(cc12)CCC3)NCC1CN(Cc2ccccc2)CCO1. The van der Waals surface area contributed by atoms with Crippen molar-refractivity contribution in [2.24, 2.45) is 0 Å². The van der Waals surface area contributed by atoms with Crippen LogP contribution in [0.2, 0.25) is 0 Å². The van der Waals surface area contributed by atoms with Gasteiger partial charge in [0.1, 0.15) is 5.58 Å². The summed E-state index contributed by atoms with van der Waals surface area (Å²) in [4.78, 5) is 15.0. The number of carbonyl (C=O) groups excluding carboxylic acids is 1. The minimum absolute atomic E-state index is 0.0157. The largest absolute Gasteiger partial charge is 0.464 e. The third kappa shape index (κ3) is 4.27. The van der Waals surface area contributed by atoms with Crippen molar-refractivity contribution in [1.29, 1.82) is 0 Å². The van der Waals surface area contributed by atoms with Gasteiger partial charge in [-0.3, -0.25) is 9.69 Å². The molecule has 1 aliphatic carbocycles. The highest BCUT2D eigenvalue weighted by molar-refractivity contribution is 5.88. The third-order valence-corrected chi connectivity index (χ3v) is 6.22. The van der Waals surface area contributed by atoms with Gasteiger partial charge in [-0.25, -0.2) is 0 Å². The number of benzene rings is 2. The number of fused-ring (bicyclic) bond motifs is 2. The number of nitrogens with one attached hydrogen (secondary N) is 1. The minimum Gasteiger partial charge on any atom is -0.464 e. The van der Waals surface area contributed by atoms with Crippen LogP contribution in [-0.2, 0) is 35.3 Å². The molecule has 1 unspecified atom stereocenters. The second-order valence-corrected chi connectivity index (χ2v) is 8.43. The lowest BCUT2D eigenvalue weighted by molar-refractivity contribution is -0.121. The Morgan fingerprint density at radius 2 is 1.97 bits per heavy atom. The normalized spacial score (nSPS) is 19.1. The Hall–Kier alpha value is -2.63. The molecule has 0 bridgehead atoms. The van der Waals surface area contributed by atoms with Crippen molar-refractivity contribution in [1.82, 2.24) is 10.2 Å². The van der Waals surface area contributed by atoms with Crippen LogP contribution < -0.4 is 5.32 Å². The number of ether oxygens (including phenoxy) is 1. The number of furan rings is 1. The molecular weight excluding hydrogens is 376 g/mol. The molecule has 5 nitrogen and oxygen atoms in total. The molecule has 2 aromatic carbocycles. The van der Waals surface area contributed by atoms with E-state index in [0.29, 0.717) is 19.6 Å². The summed E-state index contributed by atoms with van der Waals surface area (Å²) in [6, 6.07) is 14.8. The van der Waals surface area contributed by atoms with Crippen LogP contribution in [0.25, 0.3) is 11.0 Å². The summed E-state index contributed by atoms with van der Waals surface area (Å²) < 4.78 is 11.6. The number of hydrogen-bond acceptors (Lipinski definition) is 4. The quantitative estimate of drug-likeness (QED) is 0.683. The maximum absolute atomic E-state index is 12.6. The summed E-state index contributed by atoms with van der Waals surface area (Å²) in [6.45, 7) is 3.90. The second-order valence-electron chi connectivity index (χ2n) is 8.43. The number of amides is 1. The molecule has 5 heteroatoms. The zero-order chi connectivity index (χ0) is 20.3. The predicted molar refractivity (Wildman–Crippen MR) is 116 cm³/mol. The van der Waals surface area contributed by atoms with Crippen molar-refractivity contribution < 1.29 is 13.9 Å². The maximum atomic E-state index is 12.6. The molecule has 1 aliphatic heterocycles. The average molecular weight is 405 g/mol. The van der Waals surface area contributed by atoms with Crippen LogP contribution in [0.15, 0.2) is 53.1 Å². The van der Waals surface area contributed by atoms with Gasteiger partial charge in [-0.15, -0.1) is 0 Å². The highest BCUT2D eigenvalue weighted by atomic mass is 16.5. The average Bonchev–Trinajstić information content (AvgIpc) is 3.38. The highest BCUT2D eigenvalue weighted by Gasteiger charge is 2.22. The molecule has 1 amide bonds. The summed E-state index contributed by atoms with van der Waals surface area (Å²) in [5, 5.41) is 4.14. The number of hydrogen-bond donors (Lipinski definition) is 1. The Labute approximate surface area is 177 Å². The Morgan fingerprint density at radius 3 is 2.83 bits per heavy atom. The lowest BCUT2D eigenvalue weighted by Gasteiger charge is -2.33. The molecule has 0 radical (unpaired) electrons. The standard InChI is InChI=1S/C25H28N2O3/c28-25(13-21-17-30-24-12-20-8-4-7-19(20)11-23(21)24)26-14-22-16-27(9-10-29-22)15-18-5-2-1-3-6-18/h1-3,5-6,11-12,17,22H,4,7-10,13-16H2,(H,26,28). The van der Waals surface area contributed by atoms with Gasteiger partial charge in [-0.05, 0) is 48.1 Å². The lowest BCUT2D eigenvalue weighted by atomic mass is 10.0. The van der Waals surface area contributed by atoms with Crippen LogP contribution in [0.1, 0.15) is 28.7 Å². The molecule has 0 spiro atoms. The van der Waals surface area contributed by atoms with E-state index in [0.717, 1.165) is 49.0 Å². The number of rotatable bonds is 6. The highest BCUT2D eigenvalue weighted by Crippen LogP contribution is 2.30. The molecule has 1 atom stereocenters. The van der Waals surface area contributed by atoms with Crippen molar-refractivity contribution in [3.8, 4) is 0 Å². The van der Waals surface area contributed by atoms with E-state index in [1.54, 1.807) is 6.26 Å². The van der Waals surface area contributed by atoms with Crippen molar-refractivity contribution in [2.75, 3.05) is 26.2 Å². The van der Waals surface area contributed by atoms with E-state index in [-0.39, 0.29) is 12.0 Å². The van der Waals surface area contributed by atoms with Gasteiger partial charge in [0.2, 0.25) is 5.91 Å². The predicted octanol–water partition coefficient (Wildman–Crippen LogP) is 3.48. The molecule has 1 aromatic heterocycles. The van der Waals surface area contributed by atoms with E-state index >= 15 is 0 Å². The van der Waals surface area contributed by atoms with Crippen LogP contribution in [0.3, 0.4) is 0 Å². The fraction of sp³-hybridized carbons (Fsp3) is 0.400. The van der Waals surface area contributed by atoms with Gasteiger partial charge in [0, 0.05) is 37.1 Å². The van der Waals surface area contributed by atoms with Gasteiger partial charge in [-0.1, -0.05) is 30.3 Å². The zero-order valence-corrected chi connectivity index (χ0v) is 17.2. The van der Waals surface area contributed by atoms with Gasteiger partial charge >= 0.3 is 0 Å². The molecule has 2 heterocycles. The number of carbonyl (C=O) groups is 1. The van der Waals surface area contributed by atoms with E-state index in [2.05, 4.69) is 46.6 Å². The molecule has 1 N–H and O–H groups in total. The molecule has 3 aromatic rings. The van der Waals surface area contributed by atoms with Gasteiger partial charge in [0.15, 0.2) is 0 Å². The van der Waals surface area contributed by atoms with Gasteiger partial charge in [0.05, 0.1) is 25.4 Å². The zero-order valence-electron chi connectivity index (χ0n) is 17.2. The molecule has 1 fully saturated rings. The first-order chi connectivity index (χ1) is 14.7. The van der Waals surface area contributed by atoms with Crippen molar-refractivity contribution in [3.05, 3.63) is 71.0 Å². The molecule has 0 saturated carbocycles. The van der Waals surface area contributed by atoms with E-state index in [4.69, 9.17) is 9.15 Å². The fourth-order valence-corrected chi connectivity index (χ4v) is 4.64. The first kappa shape index (κ1) is 19.3. The molecule has 156 valence electrons. The maximum Gasteiger partial charge on any atom is 0.224 e. The van der Waals surface area contributed by atoms with Crippen LogP contribution in [0.4, 0.5) is 0 Å². The summed E-state index contributed by atoms with van der Waals surface area (Å²) in [6.07, 6.45) is 5.56. The smallest absolute Gasteiger partial charge is 0.224 e. The monoisotopic (exact) mass is 404 g/mol. The van der Waals surface area contributed by atoms with E-state index in [1.807, 2.05) is 6.07 Å². The first-order valence-corrected chi connectivity index (χ1v) is 10.9. The number of morpholine rings is 1. The Balaban J connectivity index is 1.15.